The Morgan fingerprint density at radius 1 is 1.12 bits per heavy atom. The molecule has 0 aliphatic carbocycles. The minimum atomic E-state index is -0.248. The first-order valence-corrected chi connectivity index (χ1v) is 5.58. The predicted octanol–water partition coefficient (Wildman–Crippen LogP) is 3.01. The molecule has 0 fully saturated rings. The topological polar surface area (TPSA) is 30.7 Å². The SMILES string of the molecule is Cc1nc(C(C)(C)C)nn1-c1ccc(F)cc1. The number of halogens is 1. The van der Waals surface area contributed by atoms with Gasteiger partial charge in [-0.2, -0.15) is 5.10 Å². The molecule has 2 rings (SSSR count). The monoisotopic (exact) mass is 233 g/mol. The Kier molecular flexibility index (Phi) is 2.73. The van der Waals surface area contributed by atoms with Gasteiger partial charge in [0.25, 0.3) is 0 Å². The van der Waals surface area contributed by atoms with Gasteiger partial charge in [0.1, 0.15) is 11.6 Å². The Hall–Kier alpha value is -1.71. The van der Waals surface area contributed by atoms with Crippen LogP contribution in [0.15, 0.2) is 24.3 Å². The zero-order valence-corrected chi connectivity index (χ0v) is 10.5. The minimum absolute atomic E-state index is 0.0873. The summed E-state index contributed by atoms with van der Waals surface area (Å²) >= 11 is 0. The van der Waals surface area contributed by atoms with Crippen molar-refractivity contribution in [1.82, 2.24) is 14.8 Å². The van der Waals surface area contributed by atoms with Gasteiger partial charge in [-0.3, -0.25) is 0 Å². The average Bonchev–Trinajstić information content (AvgIpc) is 2.61. The third kappa shape index (κ3) is 2.35. The van der Waals surface area contributed by atoms with Crippen LogP contribution in [0.3, 0.4) is 0 Å². The standard InChI is InChI=1S/C13H16FN3/c1-9-15-12(13(2,3)4)16-17(9)11-7-5-10(14)6-8-11/h5-8H,1-4H3. The molecule has 90 valence electrons. The van der Waals surface area contributed by atoms with E-state index < -0.39 is 0 Å². The highest BCUT2D eigenvalue weighted by Crippen LogP contribution is 2.20. The molecule has 4 heteroatoms. The van der Waals surface area contributed by atoms with E-state index in [9.17, 15) is 4.39 Å². The van der Waals surface area contributed by atoms with Gasteiger partial charge in [0, 0.05) is 5.41 Å². The van der Waals surface area contributed by atoms with Crippen molar-refractivity contribution in [2.45, 2.75) is 33.1 Å². The van der Waals surface area contributed by atoms with Crippen LogP contribution in [-0.4, -0.2) is 14.8 Å². The molecule has 0 spiro atoms. The fraction of sp³-hybridized carbons (Fsp3) is 0.385. The predicted molar refractivity (Wildman–Crippen MR) is 64.8 cm³/mol. The molecule has 3 nitrogen and oxygen atoms in total. The number of aryl methyl sites for hydroxylation is 1. The number of aromatic nitrogens is 3. The molecule has 0 atom stereocenters. The van der Waals surface area contributed by atoms with E-state index in [1.165, 1.54) is 12.1 Å². The van der Waals surface area contributed by atoms with Gasteiger partial charge in [-0.15, -0.1) is 0 Å². The molecule has 17 heavy (non-hydrogen) atoms. The summed E-state index contributed by atoms with van der Waals surface area (Å²) in [5, 5.41) is 4.46. The van der Waals surface area contributed by atoms with Crippen molar-refractivity contribution in [3.8, 4) is 5.69 Å². The molecule has 0 aliphatic rings. The highest BCUT2D eigenvalue weighted by molar-refractivity contribution is 5.31. The second-order valence-corrected chi connectivity index (χ2v) is 5.12. The molecule has 1 aromatic carbocycles. The molecule has 0 saturated heterocycles. The summed E-state index contributed by atoms with van der Waals surface area (Å²) < 4.78 is 14.6. The minimum Gasteiger partial charge on any atom is -0.218 e. The molecular weight excluding hydrogens is 217 g/mol. The number of hydrogen-bond donors (Lipinski definition) is 0. The van der Waals surface area contributed by atoms with Crippen molar-refractivity contribution < 1.29 is 4.39 Å². The number of benzene rings is 1. The zero-order chi connectivity index (χ0) is 12.6. The second kappa shape index (κ2) is 3.95. The van der Waals surface area contributed by atoms with Gasteiger partial charge in [-0.05, 0) is 31.2 Å². The van der Waals surface area contributed by atoms with E-state index in [2.05, 4.69) is 30.9 Å². The third-order valence-corrected chi connectivity index (χ3v) is 2.51. The quantitative estimate of drug-likeness (QED) is 0.758. The Balaban J connectivity index is 2.46. The van der Waals surface area contributed by atoms with E-state index in [0.717, 1.165) is 17.3 Å². The second-order valence-electron chi connectivity index (χ2n) is 5.12. The van der Waals surface area contributed by atoms with Gasteiger partial charge in [0.15, 0.2) is 5.82 Å². The van der Waals surface area contributed by atoms with Crippen LogP contribution in [0.1, 0.15) is 32.4 Å². The van der Waals surface area contributed by atoms with Crippen molar-refractivity contribution in [3.63, 3.8) is 0 Å². The summed E-state index contributed by atoms with van der Waals surface area (Å²) in [7, 11) is 0. The van der Waals surface area contributed by atoms with Gasteiger partial charge in [0.2, 0.25) is 0 Å². The highest BCUT2D eigenvalue weighted by atomic mass is 19.1. The molecule has 0 N–H and O–H groups in total. The lowest BCUT2D eigenvalue weighted by Gasteiger charge is -2.12. The fourth-order valence-electron chi connectivity index (χ4n) is 1.53. The van der Waals surface area contributed by atoms with Crippen LogP contribution in [0, 0.1) is 12.7 Å². The van der Waals surface area contributed by atoms with E-state index in [1.807, 2.05) is 6.92 Å². The summed E-state index contributed by atoms with van der Waals surface area (Å²) in [6.07, 6.45) is 0. The molecule has 0 saturated carbocycles. The highest BCUT2D eigenvalue weighted by Gasteiger charge is 2.20. The molecular formula is C13H16FN3. The first kappa shape index (κ1) is 11.8. The number of hydrogen-bond acceptors (Lipinski definition) is 2. The first-order valence-electron chi connectivity index (χ1n) is 5.58. The van der Waals surface area contributed by atoms with Crippen LogP contribution >= 0.6 is 0 Å². The maximum absolute atomic E-state index is 12.9. The Morgan fingerprint density at radius 3 is 2.18 bits per heavy atom. The normalized spacial score (nSPS) is 11.8. The van der Waals surface area contributed by atoms with Crippen LogP contribution in [0.25, 0.3) is 5.69 Å². The molecule has 0 amide bonds. The molecule has 1 heterocycles. The van der Waals surface area contributed by atoms with Gasteiger partial charge in [-0.25, -0.2) is 14.1 Å². The lowest BCUT2D eigenvalue weighted by atomic mass is 9.96. The van der Waals surface area contributed by atoms with Gasteiger partial charge in [-0.1, -0.05) is 20.8 Å². The maximum atomic E-state index is 12.9. The average molecular weight is 233 g/mol. The summed E-state index contributed by atoms with van der Waals surface area (Å²) in [5.41, 5.74) is 0.739. The van der Waals surface area contributed by atoms with Crippen molar-refractivity contribution in [3.05, 3.63) is 41.7 Å². The number of nitrogens with zero attached hydrogens (tertiary/aromatic N) is 3. The molecule has 0 unspecified atom stereocenters. The summed E-state index contributed by atoms with van der Waals surface area (Å²) in [6, 6.07) is 6.24. The summed E-state index contributed by atoms with van der Waals surface area (Å²) in [6.45, 7) is 8.09. The molecule has 0 aliphatic heterocycles. The summed E-state index contributed by atoms with van der Waals surface area (Å²) in [4.78, 5) is 4.44. The van der Waals surface area contributed by atoms with E-state index in [1.54, 1.807) is 16.8 Å². The van der Waals surface area contributed by atoms with E-state index >= 15 is 0 Å². The lowest BCUT2D eigenvalue weighted by Crippen LogP contribution is -2.14. The van der Waals surface area contributed by atoms with Crippen molar-refractivity contribution >= 4 is 0 Å². The fourth-order valence-corrected chi connectivity index (χ4v) is 1.53. The van der Waals surface area contributed by atoms with Gasteiger partial charge >= 0.3 is 0 Å². The Bertz CT molecular complexity index is 521. The van der Waals surface area contributed by atoms with Crippen LogP contribution in [0.4, 0.5) is 4.39 Å². The smallest absolute Gasteiger partial charge is 0.156 e. The van der Waals surface area contributed by atoms with Crippen molar-refractivity contribution in [2.75, 3.05) is 0 Å². The van der Waals surface area contributed by atoms with Crippen molar-refractivity contribution in [2.24, 2.45) is 0 Å². The van der Waals surface area contributed by atoms with E-state index in [0.29, 0.717) is 0 Å². The number of rotatable bonds is 1. The third-order valence-electron chi connectivity index (χ3n) is 2.51. The first-order chi connectivity index (χ1) is 7.88. The van der Waals surface area contributed by atoms with E-state index in [4.69, 9.17) is 0 Å². The Labute approximate surface area is 100 Å². The van der Waals surface area contributed by atoms with Crippen LogP contribution in [0.2, 0.25) is 0 Å². The van der Waals surface area contributed by atoms with E-state index in [-0.39, 0.29) is 11.2 Å². The van der Waals surface area contributed by atoms with Crippen LogP contribution in [-0.2, 0) is 5.41 Å². The molecule has 1 aromatic heterocycles. The van der Waals surface area contributed by atoms with Gasteiger partial charge < -0.3 is 0 Å². The van der Waals surface area contributed by atoms with Crippen molar-refractivity contribution in [1.29, 1.82) is 0 Å². The summed E-state index contributed by atoms with van der Waals surface area (Å²) in [5.74, 6) is 1.35. The largest absolute Gasteiger partial charge is 0.218 e. The van der Waals surface area contributed by atoms with Crippen LogP contribution < -0.4 is 0 Å². The Morgan fingerprint density at radius 2 is 1.71 bits per heavy atom. The maximum Gasteiger partial charge on any atom is 0.156 e. The zero-order valence-electron chi connectivity index (χ0n) is 10.5. The van der Waals surface area contributed by atoms with Crippen LogP contribution in [0.5, 0.6) is 0 Å². The lowest BCUT2D eigenvalue weighted by molar-refractivity contribution is 0.543. The van der Waals surface area contributed by atoms with Gasteiger partial charge in [0.05, 0.1) is 5.69 Å². The molecule has 0 radical (unpaired) electrons. The molecule has 0 bridgehead atoms. The molecule has 2 aromatic rings.